The normalized spacial score (nSPS) is 22.8. The molecule has 2 aliphatic heterocycles. The molecule has 3 atom stereocenters. The summed E-state index contributed by atoms with van der Waals surface area (Å²) in [5.74, 6) is 1.45. The van der Waals surface area contributed by atoms with Crippen molar-refractivity contribution in [1.29, 1.82) is 0 Å². The molecule has 3 aliphatic rings. The molecule has 2 unspecified atom stereocenters. The summed E-state index contributed by atoms with van der Waals surface area (Å²) >= 11 is 0. The summed E-state index contributed by atoms with van der Waals surface area (Å²) in [5.41, 5.74) is 9.32. The number of ether oxygens (including phenoxy) is 1. The summed E-state index contributed by atoms with van der Waals surface area (Å²) in [5, 5.41) is 7.23. The molecule has 178 valence electrons. The minimum atomic E-state index is -0.347. The quantitative estimate of drug-likeness (QED) is 0.355. The van der Waals surface area contributed by atoms with Crippen LogP contribution in [0, 0.1) is 17.7 Å². The molecule has 5 N–H and O–H groups in total. The Labute approximate surface area is 199 Å². The number of nitrogens with two attached hydrogens (primary N) is 1. The van der Waals surface area contributed by atoms with Gasteiger partial charge in [0.2, 0.25) is 0 Å². The molecule has 1 aliphatic carbocycles. The predicted octanol–water partition coefficient (Wildman–Crippen LogP) is 2.51. The lowest BCUT2D eigenvalue weighted by molar-refractivity contribution is 0.0965. The van der Waals surface area contributed by atoms with Crippen molar-refractivity contribution in [3.8, 4) is 11.8 Å². The van der Waals surface area contributed by atoms with E-state index in [0.29, 0.717) is 57.9 Å². The third-order valence-electron chi connectivity index (χ3n) is 7.49. The van der Waals surface area contributed by atoms with Gasteiger partial charge in [0.25, 0.3) is 5.91 Å². The molecular formula is C24H23FN8O2. The van der Waals surface area contributed by atoms with E-state index < -0.39 is 0 Å². The van der Waals surface area contributed by atoms with E-state index in [2.05, 4.69) is 30.5 Å². The lowest BCUT2D eigenvalue weighted by Crippen LogP contribution is -2.46. The van der Waals surface area contributed by atoms with Gasteiger partial charge in [0.15, 0.2) is 0 Å². The number of benzene rings is 1. The summed E-state index contributed by atoms with van der Waals surface area (Å²) in [7, 11) is 1.75. The van der Waals surface area contributed by atoms with Gasteiger partial charge >= 0.3 is 6.01 Å². The van der Waals surface area contributed by atoms with E-state index in [9.17, 15) is 9.18 Å². The van der Waals surface area contributed by atoms with Crippen molar-refractivity contribution in [3.63, 3.8) is 0 Å². The number of halogens is 1. The molecule has 5 heterocycles. The second-order valence-electron chi connectivity index (χ2n) is 9.48. The molecule has 1 saturated heterocycles. The Morgan fingerprint density at radius 1 is 1.26 bits per heavy atom. The average Bonchev–Trinajstić information content (AvgIpc) is 3.51. The van der Waals surface area contributed by atoms with Crippen molar-refractivity contribution in [1.82, 2.24) is 25.3 Å². The number of hydrogen-bond donors (Lipinski definition) is 4. The van der Waals surface area contributed by atoms with Gasteiger partial charge in [-0.15, -0.1) is 0 Å². The van der Waals surface area contributed by atoms with Crippen LogP contribution in [0.2, 0.25) is 0 Å². The highest BCUT2D eigenvalue weighted by Crippen LogP contribution is 2.44. The van der Waals surface area contributed by atoms with Gasteiger partial charge in [-0.3, -0.25) is 9.78 Å². The van der Waals surface area contributed by atoms with E-state index in [1.54, 1.807) is 19.3 Å². The zero-order chi connectivity index (χ0) is 23.8. The molecule has 11 heteroatoms. The Hall–Kier alpha value is -3.99. The Bertz CT molecular complexity index is 1540. The first-order chi connectivity index (χ1) is 17.0. The highest BCUT2D eigenvalue weighted by atomic mass is 19.1. The van der Waals surface area contributed by atoms with E-state index in [4.69, 9.17) is 15.5 Å². The summed E-state index contributed by atoms with van der Waals surface area (Å²) in [6.07, 6.45) is 2.55. The Morgan fingerprint density at radius 3 is 2.94 bits per heavy atom. The Morgan fingerprint density at radius 2 is 2.14 bits per heavy atom. The van der Waals surface area contributed by atoms with E-state index in [1.807, 2.05) is 0 Å². The molecule has 1 amide bonds. The van der Waals surface area contributed by atoms with Crippen molar-refractivity contribution in [2.24, 2.45) is 17.6 Å². The largest absolute Gasteiger partial charge is 0.423 e. The van der Waals surface area contributed by atoms with E-state index in [1.165, 1.54) is 12.1 Å². The molecule has 7 rings (SSSR count). The van der Waals surface area contributed by atoms with Crippen LogP contribution in [-0.2, 0) is 6.54 Å². The maximum Gasteiger partial charge on any atom is 0.326 e. The summed E-state index contributed by atoms with van der Waals surface area (Å²) in [4.78, 5) is 31.3. The Balaban J connectivity index is 1.38. The van der Waals surface area contributed by atoms with Gasteiger partial charge in [-0.1, -0.05) is 0 Å². The fraction of sp³-hybridized carbons (Fsp3) is 0.333. The van der Waals surface area contributed by atoms with Gasteiger partial charge in [0.05, 0.1) is 40.6 Å². The fourth-order valence-corrected chi connectivity index (χ4v) is 5.66. The summed E-state index contributed by atoms with van der Waals surface area (Å²) in [6, 6.07) is 4.90. The number of aromatic nitrogens is 4. The number of fused-ring (bicyclic) bond motifs is 5. The number of H-pyrrole nitrogens is 1. The monoisotopic (exact) mass is 474 g/mol. The van der Waals surface area contributed by atoms with Crippen LogP contribution in [0.3, 0.4) is 0 Å². The fourth-order valence-electron chi connectivity index (χ4n) is 5.66. The van der Waals surface area contributed by atoms with Gasteiger partial charge < -0.3 is 31.0 Å². The molecule has 4 aromatic rings. The molecule has 0 bridgehead atoms. The maximum absolute atomic E-state index is 14.5. The predicted molar refractivity (Wildman–Crippen MR) is 128 cm³/mol. The number of carbonyl (C=O) groups is 1. The lowest BCUT2D eigenvalue weighted by Gasteiger charge is -2.36. The minimum absolute atomic E-state index is 0.120. The van der Waals surface area contributed by atoms with Gasteiger partial charge in [-0.2, -0.15) is 9.97 Å². The van der Waals surface area contributed by atoms with Crippen LogP contribution < -0.4 is 26.0 Å². The van der Waals surface area contributed by atoms with Gasteiger partial charge in [0, 0.05) is 31.6 Å². The molecule has 3 aromatic heterocycles. The van der Waals surface area contributed by atoms with Gasteiger partial charge in [-0.25, -0.2) is 4.39 Å². The third-order valence-corrected chi connectivity index (χ3v) is 7.49. The number of nitrogens with one attached hydrogen (secondary N) is 3. The van der Waals surface area contributed by atoms with Crippen LogP contribution in [0.5, 0.6) is 11.8 Å². The average molecular weight is 475 g/mol. The second-order valence-corrected chi connectivity index (χ2v) is 9.48. The number of amides is 1. The first-order valence-electron chi connectivity index (χ1n) is 11.6. The van der Waals surface area contributed by atoms with Crippen molar-refractivity contribution < 1.29 is 13.9 Å². The van der Waals surface area contributed by atoms with Crippen LogP contribution in [-0.4, -0.2) is 52.0 Å². The van der Waals surface area contributed by atoms with Crippen LogP contribution in [0.25, 0.3) is 21.9 Å². The lowest BCUT2D eigenvalue weighted by atomic mass is 9.72. The number of anilines is 2. The van der Waals surface area contributed by atoms with Crippen LogP contribution >= 0.6 is 0 Å². The number of pyridine rings is 1. The van der Waals surface area contributed by atoms with E-state index in [0.717, 1.165) is 30.4 Å². The number of carbonyl (C=O) groups excluding carboxylic acids is 1. The summed E-state index contributed by atoms with van der Waals surface area (Å²) < 4.78 is 20.5. The molecule has 0 radical (unpaired) electrons. The van der Waals surface area contributed by atoms with E-state index >= 15 is 0 Å². The Kier molecular flexibility index (Phi) is 4.23. The number of aromatic amines is 1. The molecule has 35 heavy (non-hydrogen) atoms. The first kappa shape index (κ1) is 20.4. The third kappa shape index (κ3) is 3.04. The maximum atomic E-state index is 14.5. The number of hydrogen-bond acceptors (Lipinski definition) is 8. The highest BCUT2D eigenvalue weighted by molar-refractivity contribution is 6.14. The van der Waals surface area contributed by atoms with Crippen LogP contribution in [0.15, 0.2) is 24.4 Å². The van der Waals surface area contributed by atoms with Crippen LogP contribution in [0.1, 0.15) is 22.5 Å². The standard InChI is InChI=1S/C24H23FN8O2/c1-27-17-4-11(25)3-14-19-21(30-20(14)17)31-24(32-22(19)33-8-10-2-16(26)15(10)9-33)35-12-5-13-18(28-6-12)7-29-23(13)34/h3-6,10,15-16,27H,2,7-9,26H2,1H3,(H,29,34)(H,30,31,32)/t10?,15?,16-/m1/s1. The van der Waals surface area contributed by atoms with Crippen molar-refractivity contribution in [3.05, 3.63) is 41.5 Å². The minimum Gasteiger partial charge on any atom is -0.423 e. The zero-order valence-corrected chi connectivity index (χ0v) is 18.9. The molecule has 0 spiro atoms. The van der Waals surface area contributed by atoms with Gasteiger partial charge in [-0.05, 0) is 36.5 Å². The van der Waals surface area contributed by atoms with Crippen molar-refractivity contribution in [2.45, 2.75) is 19.0 Å². The van der Waals surface area contributed by atoms with Gasteiger partial charge in [0.1, 0.15) is 23.0 Å². The molecule has 1 aromatic carbocycles. The summed E-state index contributed by atoms with van der Waals surface area (Å²) in [6.45, 7) is 2.00. The van der Waals surface area contributed by atoms with Crippen molar-refractivity contribution >= 4 is 39.3 Å². The molecule has 10 nitrogen and oxygen atoms in total. The first-order valence-corrected chi connectivity index (χ1v) is 11.6. The topological polar surface area (TPSA) is 134 Å². The highest BCUT2D eigenvalue weighted by Gasteiger charge is 2.46. The molecular weight excluding hydrogens is 451 g/mol. The van der Waals surface area contributed by atoms with Crippen LogP contribution in [0.4, 0.5) is 15.9 Å². The van der Waals surface area contributed by atoms with Crippen molar-refractivity contribution in [2.75, 3.05) is 30.4 Å². The molecule has 2 fully saturated rings. The SMILES string of the molecule is CNc1cc(F)cc2c1[nH]c1nc(Oc3cnc4c(c3)C(=O)NC4)nc(N3CC4C[C@@H](N)C4C3)c12. The second kappa shape index (κ2) is 7.25. The molecule has 1 saturated carbocycles. The van der Waals surface area contributed by atoms with E-state index in [-0.39, 0.29) is 23.8 Å². The number of nitrogens with zero attached hydrogens (tertiary/aromatic N) is 4. The number of rotatable bonds is 4. The zero-order valence-electron chi connectivity index (χ0n) is 18.9. The smallest absolute Gasteiger partial charge is 0.326 e.